The zero-order valence-electron chi connectivity index (χ0n) is 13.2. The summed E-state index contributed by atoms with van der Waals surface area (Å²) in [5.41, 5.74) is 0.646. The summed E-state index contributed by atoms with van der Waals surface area (Å²) in [6.45, 7) is 4.46. The molecule has 0 radical (unpaired) electrons. The number of unbranched alkanes of at least 4 members (excludes halogenated alkanes) is 1. The average molecular weight is 314 g/mol. The molecule has 1 aliphatic rings. The Morgan fingerprint density at radius 3 is 2.70 bits per heavy atom. The molecule has 23 heavy (non-hydrogen) atoms. The fourth-order valence-corrected chi connectivity index (χ4v) is 2.38. The summed E-state index contributed by atoms with van der Waals surface area (Å²) < 4.78 is 5.30. The van der Waals surface area contributed by atoms with Crippen molar-refractivity contribution in [1.29, 1.82) is 5.26 Å². The lowest BCUT2D eigenvalue weighted by Gasteiger charge is -2.26. The van der Waals surface area contributed by atoms with Gasteiger partial charge < -0.3 is 4.74 Å². The first-order valence-electron chi connectivity index (χ1n) is 7.98. The SMILES string of the molecule is N#CC(N=Nc1ccccc1)C(=O)CCCCN1CCOCC1. The number of morpholine rings is 1. The van der Waals surface area contributed by atoms with E-state index in [0.717, 1.165) is 45.7 Å². The summed E-state index contributed by atoms with van der Waals surface area (Å²) >= 11 is 0. The van der Waals surface area contributed by atoms with E-state index in [1.807, 2.05) is 24.3 Å². The van der Waals surface area contributed by atoms with Crippen LogP contribution >= 0.6 is 0 Å². The Labute approximate surface area is 136 Å². The molecule has 0 saturated carbocycles. The van der Waals surface area contributed by atoms with Gasteiger partial charge in [-0.3, -0.25) is 9.69 Å². The van der Waals surface area contributed by atoms with Crippen molar-refractivity contribution < 1.29 is 9.53 Å². The van der Waals surface area contributed by atoms with Gasteiger partial charge in [0, 0.05) is 19.5 Å². The lowest BCUT2D eigenvalue weighted by Crippen LogP contribution is -2.36. The lowest BCUT2D eigenvalue weighted by molar-refractivity contribution is -0.119. The van der Waals surface area contributed by atoms with E-state index in [9.17, 15) is 4.79 Å². The Hall–Kier alpha value is -2.10. The summed E-state index contributed by atoms with van der Waals surface area (Å²) in [7, 11) is 0. The van der Waals surface area contributed by atoms with E-state index in [-0.39, 0.29) is 5.78 Å². The van der Waals surface area contributed by atoms with Crippen LogP contribution in [0.3, 0.4) is 0 Å². The van der Waals surface area contributed by atoms with E-state index in [1.165, 1.54) is 0 Å². The minimum Gasteiger partial charge on any atom is -0.379 e. The zero-order valence-corrected chi connectivity index (χ0v) is 13.2. The van der Waals surface area contributed by atoms with Crippen molar-refractivity contribution in [2.45, 2.75) is 25.3 Å². The van der Waals surface area contributed by atoms with E-state index in [0.29, 0.717) is 12.1 Å². The Bertz CT molecular complexity index is 547. The fraction of sp³-hybridized carbons (Fsp3) is 0.529. The molecule has 6 heteroatoms. The van der Waals surface area contributed by atoms with E-state index in [4.69, 9.17) is 10.00 Å². The Morgan fingerprint density at radius 2 is 2.00 bits per heavy atom. The molecule has 0 N–H and O–H groups in total. The number of carbonyl (C=O) groups excluding carboxylic acids is 1. The largest absolute Gasteiger partial charge is 0.379 e. The van der Waals surface area contributed by atoms with Crippen LogP contribution in [0, 0.1) is 11.3 Å². The van der Waals surface area contributed by atoms with Crippen LogP contribution in [0.5, 0.6) is 0 Å². The number of Topliss-reactive ketones (excluding diaryl/α,β-unsaturated/α-hetero) is 1. The van der Waals surface area contributed by atoms with Crippen LogP contribution < -0.4 is 0 Å². The molecule has 0 aliphatic carbocycles. The van der Waals surface area contributed by atoms with Crippen molar-refractivity contribution in [1.82, 2.24) is 4.90 Å². The fourth-order valence-electron chi connectivity index (χ4n) is 2.38. The Balaban J connectivity index is 1.70. The molecule has 6 nitrogen and oxygen atoms in total. The molecule has 1 aromatic carbocycles. The number of hydrogen-bond donors (Lipinski definition) is 0. The van der Waals surface area contributed by atoms with Gasteiger partial charge in [0.25, 0.3) is 0 Å². The number of carbonyl (C=O) groups is 1. The monoisotopic (exact) mass is 314 g/mol. The predicted octanol–water partition coefficient (Wildman–Crippen LogP) is 2.73. The van der Waals surface area contributed by atoms with E-state index in [1.54, 1.807) is 12.1 Å². The summed E-state index contributed by atoms with van der Waals surface area (Å²) in [4.78, 5) is 14.4. The quantitative estimate of drug-likeness (QED) is 0.546. The molecule has 122 valence electrons. The van der Waals surface area contributed by atoms with E-state index >= 15 is 0 Å². The van der Waals surface area contributed by atoms with Crippen LogP contribution in [0.2, 0.25) is 0 Å². The summed E-state index contributed by atoms with van der Waals surface area (Å²) in [5.74, 6) is -0.158. The number of nitrogens with zero attached hydrogens (tertiary/aromatic N) is 4. The van der Waals surface area contributed by atoms with Gasteiger partial charge in [-0.2, -0.15) is 15.5 Å². The highest BCUT2D eigenvalue weighted by Crippen LogP contribution is 2.12. The van der Waals surface area contributed by atoms with Gasteiger partial charge in [-0.05, 0) is 31.5 Å². The van der Waals surface area contributed by atoms with Crippen molar-refractivity contribution in [3.05, 3.63) is 30.3 Å². The molecule has 0 spiro atoms. The summed E-state index contributed by atoms with van der Waals surface area (Å²) in [5, 5.41) is 16.9. The van der Waals surface area contributed by atoms with Gasteiger partial charge in [0.2, 0.25) is 6.04 Å². The van der Waals surface area contributed by atoms with Crippen molar-refractivity contribution in [3.8, 4) is 6.07 Å². The normalized spacial score (nSPS) is 17.0. The van der Waals surface area contributed by atoms with E-state index in [2.05, 4.69) is 15.1 Å². The van der Waals surface area contributed by atoms with Gasteiger partial charge in [0.1, 0.15) is 0 Å². The maximum atomic E-state index is 12.0. The molecular formula is C17H22N4O2. The molecule has 1 fully saturated rings. The van der Waals surface area contributed by atoms with Crippen LogP contribution in [0.1, 0.15) is 19.3 Å². The first kappa shape index (κ1) is 17.3. The highest BCUT2D eigenvalue weighted by atomic mass is 16.5. The molecule has 1 saturated heterocycles. The molecule has 1 aromatic rings. The molecule has 2 rings (SSSR count). The van der Waals surface area contributed by atoms with Gasteiger partial charge in [0.15, 0.2) is 5.78 Å². The third kappa shape index (κ3) is 6.27. The highest BCUT2D eigenvalue weighted by Gasteiger charge is 2.17. The second-order valence-electron chi connectivity index (χ2n) is 5.46. The van der Waals surface area contributed by atoms with Crippen molar-refractivity contribution in [3.63, 3.8) is 0 Å². The van der Waals surface area contributed by atoms with Crippen molar-refractivity contribution in [2.24, 2.45) is 10.2 Å². The Morgan fingerprint density at radius 1 is 1.26 bits per heavy atom. The number of azo groups is 1. The molecule has 0 bridgehead atoms. The maximum Gasteiger partial charge on any atom is 0.215 e. The smallest absolute Gasteiger partial charge is 0.215 e. The zero-order chi connectivity index (χ0) is 16.3. The van der Waals surface area contributed by atoms with Crippen LogP contribution in [-0.2, 0) is 9.53 Å². The number of benzene rings is 1. The molecule has 1 heterocycles. The summed E-state index contributed by atoms with van der Waals surface area (Å²) in [6, 6.07) is 10.0. The minimum absolute atomic E-state index is 0.158. The second kappa shape index (κ2) is 9.82. The maximum absolute atomic E-state index is 12.0. The number of ether oxygens (including phenoxy) is 1. The second-order valence-corrected chi connectivity index (χ2v) is 5.46. The Kier molecular flexibility index (Phi) is 7.37. The first-order chi connectivity index (χ1) is 11.3. The van der Waals surface area contributed by atoms with Crippen LogP contribution in [0.25, 0.3) is 0 Å². The topological polar surface area (TPSA) is 78.0 Å². The average Bonchev–Trinajstić information content (AvgIpc) is 2.61. The molecule has 1 atom stereocenters. The molecule has 1 unspecified atom stereocenters. The third-order valence-electron chi connectivity index (χ3n) is 3.72. The molecule has 0 aromatic heterocycles. The van der Waals surface area contributed by atoms with Crippen LogP contribution in [0.15, 0.2) is 40.6 Å². The highest BCUT2D eigenvalue weighted by molar-refractivity contribution is 5.86. The van der Waals surface area contributed by atoms with Gasteiger partial charge in [-0.1, -0.05) is 18.2 Å². The molecular weight excluding hydrogens is 292 g/mol. The standard InChI is InChI=1S/C17H22N4O2/c18-14-16(20-19-15-6-2-1-3-7-15)17(22)8-4-5-9-21-10-12-23-13-11-21/h1-3,6-7,16H,4-5,8-13H2. The molecule has 1 aliphatic heterocycles. The van der Waals surface area contributed by atoms with Gasteiger partial charge >= 0.3 is 0 Å². The predicted molar refractivity (Wildman–Crippen MR) is 86.5 cm³/mol. The number of ketones is 1. The van der Waals surface area contributed by atoms with Gasteiger partial charge in [0.05, 0.1) is 25.0 Å². The number of hydrogen-bond acceptors (Lipinski definition) is 6. The van der Waals surface area contributed by atoms with Crippen molar-refractivity contribution in [2.75, 3.05) is 32.8 Å². The third-order valence-corrected chi connectivity index (χ3v) is 3.72. The lowest BCUT2D eigenvalue weighted by atomic mass is 10.1. The number of rotatable bonds is 8. The summed E-state index contributed by atoms with van der Waals surface area (Å²) in [6.07, 6.45) is 2.09. The first-order valence-corrected chi connectivity index (χ1v) is 7.98. The minimum atomic E-state index is -1.00. The van der Waals surface area contributed by atoms with Crippen molar-refractivity contribution >= 4 is 11.5 Å². The van der Waals surface area contributed by atoms with Gasteiger partial charge in [-0.25, -0.2) is 0 Å². The van der Waals surface area contributed by atoms with Crippen LogP contribution in [0.4, 0.5) is 5.69 Å². The van der Waals surface area contributed by atoms with E-state index < -0.39 is 6.04 Å². The number of nitriles is 1. The van der Waals surface area contributed by atoms with Crippen LogP contribution in [-0.4, -0.2) is 49.6 Å². The van der Waals surface area contributed by atoms with Gasteiger partial charge in [-0.15, -0.1) is 0 Å². The molecule has 0 amide bonds.